The summed E-state index contributed by atoms with van der Waals surface area (Å²) in [5.74, 6) is 1.71. The summed E-state index contributed by atoms with van der Waals surface area (Å²) in [5.41, 5.74) is 0. The quantitative estimate of drug-likeness (QED) is 0.323. The van der Waals surface area contributed by atoms with Gasteiger partial charge in [0.2, 0.25) is 0 Å². The summed E-state index contributed by atoms with van der Waals surface area (Å²) in [4.78, 5) is 0. The van der Waals surface area contributed by atoms with Crippen molar-refractivity contribution < 1.29 is 29.6 Å². The SMILES string of the molecule is CC(C)CC[S-].[Na+]. The molecule has 0 saturated heterocycles. The normalized spacial score (nSPS) is 8.57. The minimum Gasteiger partial charge on any atom is -0.793 e. The maximum atomic E-state index is 4.73. The van der Waals surface area contributed by atoms with E-state index in [2.05, 4.69) is 13.8 Å². The number of hydrogen-bond acceptors (Lipinski definition) is 1. The smallest absolute Gasteiger partial charge is 0.793 e. The molecule has 0 aromatic carbocycles. The Bertz CT molecular complexity index is 29.3. The Morgan fingerprint density at radius 1 is 1.43 bits per heavy atom. The molecule has 0 heterocycles. The standard InChI is InChI=1S/C5H12S.Na/c1-5(2)3-4-6;/h5-6H,3-4H2,1-2H3;/q;+1/p-1. The first-order valence-corrected chi connectivity index (χ1v) is 2.93. The molecule has 0 aliphatic heterocycles. The van der Waals surface area contributed by atoms with Crippen LogP contribution in [-0.4, -0.2) is 5.75 Å². The van der Waals surface area contributed by atoms with Gasteiger partial charge in [0.05, 0.1) is 0 Å². The fourth-order valence-corrected chi connectivity index (χ4v) is 0.707. The minimum atomic E-state index is 0. The molecule has 38 valence electrons. The minimum absolute atomic E-state index is 0. The summed E-state index contributed by atoms with van der Waals surface area (Å²) in [7, 11) is 0. The Morgan fingerprint density at radius 3 is 1.86 bits per heavy atom. The van der Waals surface area contributed by atoms with Crippen molar-refractivity contribution in [2.24, 2.45) is 5.92 Å². The average molecular weight is 126 g/mol. The molecule has 0 N–H and O–H groups in total. The van der Waals surface area contributed by atoms with Crippen LogP contribution in [0.5, 0.6) is 0 Å². The van der Waals surface area contributed by atoms with Gasteiger partial charge in [-0.2, -0.15) is 5.75 Å². The molecule has 0 aromatic heterocycles. The number of rotatable bonds is 2. The van der Waals surface area contributed by atoms with Crippen LogP contribution in [0.15, 0.2) is 0 Å². The summed E-state index contributed by atoms with van der Waals surface area (Å²) >= 11 is 4.73. The Kier molecular flexibility index (Phi) is 11.7. The molecule has 0 radical (unpaired) electrons. The van der Waals surface area contributed by atoms with E-state index in [-0.39, 0.29) is 29.6 Å². The van der Waals surface area contributed by atoms with Crippen molar-refractivity contribution in [3.05, 3.63) is 0 Å². The van der Waals surface area contributed by atoms with E-state index in [1.165, 1.54) is 6.42 Å². The van der Waals surface area contributed by atoms with Crippen LogP contribution >= 0.6 is 0 Å². The van der Waals surface area contributed by atoms with Gasteiger partial charge in [-0.3, -0.25) is 0 Å². The zero-order valence-corrected chi connectivity index (χ0v) is 8.22. The molecule has 0 nitrogen and oxygen atoms in total. The van der Waals surface area contributed by atoms with E-state index >= 15 is 0 Å². The molecule has 0 unspecified atom stereocenters. The average Bonchev–Trinajstić information content (AvgIpc) is 1.35. The van der Waals surface area contributed by atoms with Gasteiger partial charge in [-0.05, 0) is 5.92 Å². The zero-order valence-electron chi connectivity index (χ0n) is 5.40. The Morgan fingerprint density at radius 2 is 1.86 bits per heavy atom. The first-order valence-electron chi connectivity index (χ1n) is 2.35. The molecule has 0 aliphatic carbocycles. The molecule has 0 rings (SSSR count). The van der Waals surface area contributed by atoms with Gasteiger partial charge in [-0.15, -0.1) is 0 Å². The summed E-state index contributed by atoms with van der Waals surface area (Å²) in [6.07, 6.45) is 1.19. The topological polar surface area (TPSA) is 0 Å². The van der Waals surface area contributed by atoms with Crippen molar-refractivity contribution >= 4 is 12.6 Å². The van der Waals surface area contributed by atoms with Crippen LogP contribution in [0.3, 0.4) is 0 Å². The molecule has 0 fully saturated rings. The van der Waals surface area contributed by atoms with E-state index in [0.29, 0.717) is 0 Å². The van der Waals surface area contributed by atoms with Gasteiger partial charge in [0, 0.05) is 0 Å². The first kappa shape index (κ1) is 11.2. The van der Waals surface area contributed by atoms with Gasteiger partial charge >= 0.3 is 29.6 Å². The van der Waals surface area contributed by atoms with E-state index in [1.54, 1.807) is 0 Å². The van der Waals surface area contributed by atoms with Crippen LogP contribution in [-0.2, 0) is 12.6 Å². The van der Waals surface area contributed by atoms with Crippen molar-refractivity contribution in [2.45, 2.75) is 20.3 Å². The van der Waals surface area contributed by atoms with Gasteiger partial charge < -0.3 is 12.6 Å². The third-order valence-corrected chi connectivity index (χ3v) is 0.931. The molecule has 0 bridgehead atoms. The molecule has 0 atom stereocenters. The van der Waals surface area contributed by atoms with Crippen LogP contribution < -0.4 is 29.6 Å². The largest absolute Gasteiger partial charge is 1.00 e. The molecular weight excluding hydrogens is 115 g/mol. The van der Waals surface area contributed by atoms with Crippen LogP contribution in [0.4, 0.5) is 0 Å². The molecular formula is C5H11NaS. The molecule has 2 heteroatoms. The van der Waals surface area contributed by atoms with Gasteiger partial charge in [0.1, 0.15) is 0 Å². The first-order chi connectivity index (χ1) is 2.77. The van der Waals surface area contributed by atoms with Crippen LogP contribution in [0.25, 0.3) is 0 Å². The molecule has 0 spiro atoms. The Hall–Kier alpha value is 1.35. The second-order valence-corrected chi connectivity index (χ2v) is 2.29. The van der Waals surface area contributed by atoms with E-state index < -0.39 is 0 Å². The maximum absolute atomic E-state index is 4.73. The van der Waals surface area contributed by atoms with Crippen molar-refractivity contribution in [1.82, 2.24) is 0 Å². The second-order valence-electron chi connectivity index (χ2n) is 1.89. The van der Waals surface area contributed by atoms with Crippen LogP contribution in [0, 0.1) is 5.92 Å². The van der Waals surface area contributed by atoms with Gasteiger partial charge in [-0.25, -0.2) is 0 Å². The van der Waals surface area contributed by atoms with Gasteiger partial charge in [0.15, 0.2) is 0 Å². The molecule has 0 aliphatic rings. The molecule has 7 heavy (non-hydrogen) atoms. The van der Waals surface area contributed by atoms with Gasteiger partial charge in [-0.1, -0.05) is 20.3 Å². The fraction of sp³-hybridized carbons (Fsp3) is 1.00. The van der Waals surface area contributed by atoms with Gasteiger partial charge in [0.25, 0.3) is 0 Å². The Balaban J connectivity index is 0. The zero-order chi connectivity index (χ0) is 4.99. The van der Waals surface area contributed by atoms with Crippen LogP contribution in [0.2, 0.25) is 0 Å². The second kappa shape index (κ2) is 7.35. The summed E-state index contributed by atoms with van der Waals surface area (Å²) in [6.45, 7) is 4.37. The van der Waals surface area contributed by atoms with E-state index in [9.17, 15) is 0 Å². The van der Waals surface area contributed by atoms with E-state index in [4.69, 9.17) is 12.6 Å². The Labute approximate surface area is 73.8 Å². The van der Waals surface area contributed by atoms with E-state index in [1.807, 2.05) is 0 Å². The van der Waals surface area contributed by atoms with Crippen molar-refractivity contribution in [2.75, 3.05) is 5.75 Å². The van der Waals surface area contributed by atoms with Crippen molar-refractivity contribution in [3.8, 4) is 0 Å². The molecule has 0 amide bonds. The predicted octanol–water partition coefficient (Wildman–Crippen LogP) is -1.42. The third kappa shape index (κ3) is 11.1. The molecule has 0 aromatic rings. The third-order valence-electron chi connectivity index (χ3n) is 0.695. The van der Waals surface area contributed by atoms with Crippen molar-refractivity contribution in [3.63, 3.8) is 0 Å². The summed E-state index contributed by atoms with van der Waals surface area (Å²) in [5, 5.41) is 0. The number of hydrogen-bond donors (Lipinski definition) is 0. The predicted molar refractivity (Wildman–Crippen MR) is 31.7 cm³/mol. The summed E-state index contributed by atoms with van der Waals surface area (Å²) < 4.78 is 0. The maximum Gasteiger partial charge on any atom is 1.00 e. The summed E-state index contributed by atoms with van der Waals surface area (Å²) in [6, 6.07) is 0. The van der Waals surface area contributed by atoms with Crippen LogP contribution in [0.1, 0.15) is 20.3 Å². The van der Waals surface area contributed by atoms with Crippen molar-refractivity contribution in [1.29, 1.82) is 0 Å². The monoisotopic (exact) mass is 126 g/mol. The van der Waals surface area contributed by atoms with E-state index in [0.717, 1.165) is 11.7 Å². The fourth-order valence-electron chi connectivity index (χ4n) is 0.236. The molecule has 0 saturated carbocycles.